The fraction of sp³-hybridized carbons (Fsp3) is 0.188. The maximum absolute atomic E-state index is 12.2. The number of para-hydroxylation sites is 1. The van der Waals surface area contributed by atoms with E-state index in [4.69, 9.17) is 23.2 Å². The minimum Gasteiger partial charge on any atom is -0.352 e. The van der Waals surface area contributed by atoms with Gasteiger partial charge in [0.2, 0.25) is 0 Å². The van der Waals surface area contributed by atoms with Crippen molar-refractivity contribution in [3.05, 3.63) is 57.6 Å². The zero-order valence-corrected chi connectivity index (χ0v) is 14.5. The molecule has 0 aliphatic rings. The Morgan fingerprint density at radius 1 is 1.18 bits per heavy atom. The topological polar surface area (TPSA) is 46.2 Å². The van der Waals surface area contributed by atoms with Crippen molar-refractivity contribution in [1.82, 2.24) is 0 Å². The molecule has 3 nitrogen and oxygen atoms in total. The highest BCUT2D eigenvalue weighted by Crippen LogP contribution is 2.35. The third-order valence-corrected chi connectivity index (χ3v) is 4.58. The number of carbonyl (C=O) groups is 1. The molecule has 6 heteroatoms. The van der Waals surface area contributed by atoms with Crippen molar-refractivity contribution in [2.24, 2.45) is 0 Å². The summed E-state index contributed by atoms with van der Waals surface area (Å²) in [6, 6.07) is 10.6. The Balaban J connectivity index is 2.41. The van der Waals surface area contributed by atoms with E-state index in [0.29, 0.717) is 27.0 Å². The first kappa shape index (κ1) is 17.0. The number of hydrogen-bond acceptors (Lipinski definition) is 3. The van der Waals surface area contributed by atoms with Crippen LogP contribution in [0.5, 0.6) is 0 Å². The summed E-state index contributed by atoms with van der Waals surface area (Å²) in [4.78, 5) is 12.2. The molecule has 2 aromatic rings. The lowest BCUT2D eigenvalue weighted by Crippen LogP contribution is -2.12. The molecule has 1 atom stereocenters. The van der Waals surface area contributed by atoms with Gasteiger partial charge in [0.1, 0.15) is 0 Å². The summed E-state index contributed by atoms with van der Waals surface area (Å²) in [6.45, 7) is 1.88. The van der Waals surface area contributed by atoms with Crippen LogP contribution in [-0.4, -0.2) is 22.0 Å². The lowest BCUT2D eigenvalue weighted by molar-refractivity contribution is 0.102. The number of carbonyl (C=O) groups excluding carboxylic acids is 1. The molecule has 0 saturated heterocycles. The Morgan fingerprint density at radius 2 is 1.86 bits per heavy atom. The van der Waals surface area contributed by atoms with Crippen LogP contribution in [0.4, 0.5) is 11.4 Å². The van der Waals surface area contributed by atoms with E-state index in [9.17, 15) is 9.00 Å². The van der Waals surface area contributed by atoms with Gasteiger partial charge in [-0.1, -0.05) is 41.4 Å². The first-order chi connectivity index (χ1) is 10.4. The second-order valence-corrected chi connectivity index (χ2v) is 7.08. The molecule has 116 valence electrons. The Labute approximate surface area is 142 Å². The van der Waals surface area contributed by atoms with Crippen LogP contribution < -0.4 is 5.32 Å². The Kier molecular flexibility index (Phi) is 5.62. The van der Waals surface area contributed by atoms with Crippen LogP contribution in [0.25, 0.3) is 0 Å². The van der Waals surface area contributed by atoms with Crippen LogP contribution >= 0.6 is 23.2 Å². The standard InChI is InChI=1S/C16H15Cl2NO2S/c1-10-7-8-12(17)16(15(10)18)19-13-6-4-3-5-11(13)14(20)9-22(2)21/h3-8,19H,9H2,1-2H3. The lowest BCUT2D eigenvalue weighted by Gasteiger charge is -2.15. The molecule has 0 aromatic heterocycles. The summed E-state index contributed by atoms with van der Waals surface area (Å²) in [7, 11) is -1.19. The van der Waals surface area contributed by atoms with E-state index in [0.717, 1.165) is 5.56 Å². The van der Waals surface area contributed by atoms with Crippen molar-refractivity contribution in [2.45, 2.75) is 6.92 Å². The minimum atomic E-state index is -1.19. The number of rotatable bonds is 5. The molecule has 0 radical (unpaired) electrons. The quantitative estimate of drug-likeness (QED) is 0.796. The van der Waals surface area contributed by atoms with Gasteiger partial charge in [-0.2, -0.15) is 0 Å². The first-order valence-electron chi connectivity index (χ1n) is 6.54. The van der Waals surface area contributed by atoms with Crippen LogP contribution in [-0.2, 0) is 10.8 Å². The fourth-order valence-corrected chi connectivity index (χ4v) is 2.99. The molecular formula is C16H15Cl2NO2S. The second kappa shape index (κ2) is 7.27. The Hall–Kier alpha value is -1.36. The molecule has 0 spiro atoms. The van der Waals surface area contributed by atoms with Crippen molar-refractivity contribution in [2.75, 3.05) is 17.3 Å². The van der Waals surface area contributed by atoms with Gasteiger partial charge in [-0.3, -0.25) is 9.00 Å². The third-order valence-electron chi connectivity index (χ3n) is 3.11. The maximum Gasteiger partial charge on any atom is 0.177 e. The number of hydrogen-bond donors (Lipinski definition) is 1. The van der Waals surface area contributed by atoms with Gasteiger partial charge in [0.25, 0.3) is 0 Å². The van der Waals surface area contributed by atoms with E-state index in [2.05, 4.69) is 5.32 Å². The first-order valence-corrected chi connectivity index (χ1v) is 9.02. The summed E-state index contributed by atoms with van der Waals surface area (Å²) in [5, 5.41) is 4.10. The highest BCUT2D eigenvalue weighted by molar-refractivity contribution is 7.85. The predicted molar refractivity (Wildman–Crippen MR) is 94.2 cm³/mol. The average molecular weight is 356 g/mol. The summed E-state index contributed by atoms with van der Waals surface area (Å²) in [5.41, 5.74) is 2.49. The molecule has 0 bridgehead atoms. The van der Waals surface area contributed by atoms with Gasteiger partial charge >= 0.3 is 0 Å². The number of Topliss-reactive ketones (excluding diaryl/α,β-unsaturated/α-hetero) is 1. The number of halogens is 2. The van der Waals surface area contributed by atoms with Gasteiger partial charge in [-0.25, -0.2) is 0 Å². The van der Waals surface area contributed by atoms with Gasteiger partial charge in [-0.05, 0) is 30.7 Å². The van der Waals surface area contributed by atoms with E-state index in [1.54, 1.807) is 30.3 Å². The molecule has 2 rings (SSSR count). The van der Waals surface area contributed by atoms with E-state index < -0.39 is 10.8 Å². The van der Waals surface area contributed by atoms with Crippen LogP contribution in [0.2, 0.25) is 10.0 Å². The Bertz CT molecular complexity index is 747. The summed E-state index contributed by atoms with van der Waals surface area (Å²) < 4.78 is 11.3. The maximum atomic E-state index is 12.2. The number of ketones is 1. The predicted octanol–water partition coefficient (Wildman–Crippen LogP) is 4.61. The number of benzene rings is 2. The van der Waals surface area contributed by atoms with Crippen LogP contribution in [0.3, 0.4) is 0 Å². The van der Waals surface area contributed by atoms with Gasteiger partial charge in [-0.15, -0.1) is 0 Å². The molecular weight excluding hydrogens is 341 g/mol. The lowest BCUT2D eigenvalue weighted by atomic mass is 10.1. The van der Waals surface area contributed by atoms with Gasteiger partial charge < -0.3 is 5.32 Å². The molecule has 0 aliphatic heterocycles. The van der Waals surface area contributed by atoms with Crippen molar-refractivity contribution in [1.29, 1.82) is 0 Å². The van der Waals surface area contributed by atoms with Crippen molar-refractivity contribution in [3.63, 3.8) is 0 Å². The highest BCUT2D eigenvalue weighted by Gasteiger charge is 2.15. The van der Waals surface area contributed by atoms with Crippen LogP contribution in [0, 0.1) is 6.92 Å². The monoisotopic (exact) mass is 355 g/mol. The average Bonchev–Trinajstić information content (AvgIpc) is 2.47. The fourth-order valence-electron chi connectivity index (χ4n) is 2.00. The van der Waals surface area contributed by atoms with E-state index >= 15 is 0 Å². The molecule has 0 heterocycles. The van der Waals surface area contributed by atoms with E-state index in [1.807, 2.05) is 13.0 Å². The Morgan fingerprint density at radius 3 is 2.55 bits per heavy atom. The molecule has 22 heavy (non-hydrogen) atoms. The van der Waals surface area contributed by atoms with Crippen molar-refractivity contribution < 1.29 is 9.00 Å². The normalized spacial score (nSPS) is 12.0. The van der Waals surface area contributed by atoms with Crippen LogP contribution in [0.15, 0.2) is 36.4 Å². The SMILES string of the molecule is Cc1ccc(Cl)c(Nc2ccccc2C(=O)CS(C)=O)c1Cl. The molecule has 0 amide bonds. The smallest absolute Gasteiger partial charge is 0.177 e. The van der Waals surface area contributed by atoms with Gasteiger partial charge in [0, 0.05) is 28.3 Å². The molecule has 0 fully saturated rings. The van der Waals surface area contributed by atoms with E-state index in [-0.39, 0.29) is 11.5 Å². The molecule has 0 aliphatic carbocycles. The van der Waals surface area contributed by atoms with Gasteiger partial charge in [0.05, 0.1) is 21.5 Å². The molecule has 0 saturated carbocycles. The summed E-state index contributed by atoms with van der Waals surface area (Å²) >= 11 is 12.5. The summed E-state index contributed by atoms with van der Waals surface area (Å²) in [5.74, 6) is -0.211. The molecule has 1 unspecified atom stereocenters. The second-order valence-electron chi connectivity index (χ2n) is 4.86. The van der Waals surface area contributed by atoms with Gasteiger partial charge in [0.15, 0.2) is 5.78 Å². The largest absolute Gasteiger partial charge is 0.352 e. The number of anilines is 2. The van der Waals surface area contributed by atoms with Crippen molar-refractivity contribution in [3.8, 4) is 0 Å². The zero-order chi connectivity index (χ0) is 16.3. The highest BCUT2D eigenvalue weighted by atomic mass is 35.5. The number of aryl methyl sites for hydroxylation is 1. The summed E-state index contributed by atoms with van der Waals surface area (Å²) in [6.07, 6.45) is 1.50. The third kappa shape index (κ3) is 3.88. The number of nitrogens with one attached hydrogen (secondary N) is 1. The van der Waals surface area contributed by atoms with Crippen molar-refractivity contribution >= 4 is 51.2 Å². The van der Waals surface area contributed by atoms with E-state index in [1.165, 1.54) is 6.26 Å². The molecule has 1 N–H and O–H groups in total. The zero-order valence-electron chi connectivity index (χ0n) is 12.2. The molecule has 2 aromatic carbocycles. The van der Waals surface area contributed by atoms with Crippen LogP contribution in [0.1, 0.15) is 15.9 Å². The minimum absolute atomic E-state index is 0.0199.